The fraction of sp³-hybridized carbons (Fsp3) is 0.500. The van der Waals surface area contributed by atoms with Crippen LogP contribution >= 0.6 is 43.2 Å². The van der Waals surface area contributed by atoms with Crippen LogP contribution in [0.15, 0.2) is 128 Å². The lowest BCUT2D eigenvalue weighted by atomic mass is 9.52. The zero-order valence-electron chi connectivity index (χ0n) is 54.6. The first kappa shape index (κ1) is 67.3. The molecule has 6 aromatic carbocycles. The highest BCUT2D eigenvalue weighted by atomic mass is 33.1. The van der Waals surface area contributed by atoms with Gasteiger partial charge in [0.1, 0.15) is 11.9 Å². The summed E-state index contributed by atoms with van der Waals surface area (Å²) in [5.41, 5.74) is 6.92. The summed E-state index contributed by atoms with van der Waals surface area (Å²) in [5, 5.41) is 80.6. The number of aliphatic hydroxyl groups excluding tert-OH is 4. The molecule has 2 bridgehead atoms. The highest BCUT2D eigenvalue weighted by molar-refractivity contribution is 8.77. The first-order chi connectivity index (χ1) is 45.9. The number of methoxy groups -OCH3 is 1. The van der Waals surface area contributed by atoms with E-state index in [4.69, 9.17) is 14.2 Å². The second-order valence-corrected chi connectivity index (χ2v) is 33.1. The van der Waals surface area contributed by atoms with E-state index in [9.17, 15) is 30.6 Å². The van der Waals surface area contributed by atoms with E-state index < -0.39 is 58.9 Å². The van der Waals surface area contributed by atoms with Crippen LogP contribution in [0.25, 0.3) is 10.8 Å². The summed E-state index contributed by atoms with van der Waals surface area (Å²) in [7, 11) is 10.3. The van der Waals surface area contributed by atoms with E-state index in [1.807, 2.05) is 61.9 Å². The van der Waals surface area contributed by atoms with Crippen LogP contribution in [-0.2, 0) is 46.8 Å². The van der Waals surface area contributed by atoms with Crippen LogP contribution in [0.4, 0.5) is 0 Å². The molecule has 6 aliphatic rings. The number of aryl methyl sites for hydroxylation is 1. The predicted molar refractivity (Wildman–Crippen MR) is 383 cm³/mol. The van der Waals surface area contributed by atoms with Gasteiger partial charge in [-0.25, -0.2) is 0 Å². The van der Waals surface area contributed by atoms with Crippen molar-refractivity contribution < 1.29 is 49.6 Å². The van der Waals surface area contributed by atoms with Crippen LogP contribution < -0.4 is 19.5 Å². The maximum atomic E-state index is 18.1. The number of hydrogen-bond donors (Lipinski definition) is 8. The summed E-state index contributed by atoms with van der Waals surface area (Å²) in [4.78, 5) is 21.3. The molecule has 12 nitrogen and oxygen atoms in total. The molecule has 94 heavy (non-hydrogen) atoms. The van der Waals surface area contributed by atoms with Gasteiger partial charge in [-0.2, -0.15) is 0 Å². The zero-order chi connectivity index (χ0) is 65.1. The number of carbonyl (C=O) groups excluding carboxylic acids is 1. The monoisotopic (exact) mass is 1350 g/mol. The van der Waals surface area contributed by atoms with Gasteiger partial charge in [-0.3, -0.25) is 4.79 Å². The van der Waals surface area contributed by atoms with Crippen LogP contribution in [0, 0.1) is 29.6 Å². The Balaban J connectivity index is 1.01. The van der Waals surface area contributed by atoms with Gasteiger partial charge in [0, 0.05) is 64.9 Å². The number of nitrogens with one attached hydrogen (secondary N) is 2. The SMILES string of the molecule is CCc1ccc2cccc3c2c1Cc1c(ccc(O)c1OC)CC(Cc1cc[nH]c1)C(O)C1C(=O)C(c2cc(O)cc(C4(NC)CCCC(C5(c6ccccc6)CCCCC5)C4)c2)(C2CSSCC4CCCCC4Oc4cc2ccc4OCO)C(O)CC1CSSC3CO. The van der Waals surface area contributed by atoms with Crippen molar-refractivity contribution in [3.05, 3.63) is 183 Å². The lowest BCUT2D eigenvalue weighted by Crippen LogP contribution is -2.62. The molecule has 4 aliphatic carbocycles. The van der Waals surface area contributed by atoms with Gasteiger partial charge in [0.25, 0.3) is 0 Å². The highest BCUT2D eigenvalue weighted by Crippen LogP contribution is 2.59. The molecular formula is C78H94N2O10S4. The van der Waals surface area contributed by atoms with E-state index in [2.05, 4.69) is 77.9 Å². The molecule has 4 fully saturated rings. The lowest BCUT2D eigenvalue weighted by molar-refractivity contribution is -0.150. The van der Waals surface area contributed by atoms with Gasteiger partial charge >= 0.3 is 0 Å². The number of phenols is 2. The van der Waals surface area contributed by atoms with Gasteiger partial charge in [-0.15, -0.1) is 0 Å². The van der Waals surface area contributed by atoms with Crippen molar-refractivity contribution in [1.82, 2.24) is 10.3 Å². The van der Waals surface area contributed by atoms with E-state index >= 15 is 4.79 Å². The number of carbonyl (C=O) groups is 1. The zero-order valence-corrected chi connectivity index (χ0v) is 57.9. The van der Waals surface area contributed by atoms with Crippen LogP contribution in [0.3, 0.4) is 0 Å². The minimum absolute atomic E-state index is 0.00146. The van der Waals surface area contributed by atoms with Gasteiger partial charge in [0.15, 0.2) is 35.6 Å². The second-order valence-electron chi connectivity index (χ2n) is 27.9. The molecule has 0 amide bonds. The van der Waals surface area contributed by atoms with Gasteiger partial charge in [0.05, 0.1) is 36.6 Å². The molecule has 12 atom stereocenters. The maximum Gasteiger partial charge on any atom is 0.186 e. The minimum Gasteiger partial charge on any atom is -0.508 e. The van der Waals surface area contributed by atoms with Gasteiger partial charge < -0.3 is 55.2 Å². The molecule has 4 saturated carbocycles. The largest absolute Gasteiger partial charge is 0.508 e. The number of rotatable bonds is 13. The number of hydrogen-bond acceptors (Lipinski definition) is 15. The molecule has 2 aliphatic heterocycles. The van der Waals surface area contributed by atoms with E-state index in [0.717, 1.165) is 132 Å². The molecule has 16 heteroatoms. The number of phenolic OH excluding ortho intramolecular Hbond substituents is 2. The Labute approximate surface area is 570 Å². The predicted octanol–water partition coefficient (Wildman–Crippen LogP) is 15.4. The minimum atomic E-state index is -1.79. The molecule has 13 rings (SSSR count). The number of benzene rings is 6. The number of fused-ring (bicyclic) bond motifs is 5. The number of ketones is 1. The summed E-state index contributed by atoms with van der Waals surface area (Å²) in [6, 6.07) is 39.0. The molecule has 0 saturated heterocycles. The second kappa shape index (κ2) is 29.4. The van der Waals surface area contributed by atoms with Gasteiger partial charge in [0.2, 0.25) is 0 Å². The highest BCUT2D eigenvalue weighted by Gasteiger charge is 2.62. The van der Waals surface area contributed by atoms with Gasteiger partial charge in [-0.1, -0.05) is 161 Å². The third-order valence-electron chi connectivity index (χ3n) is 23.2. The molecular weight excluding hydrogens is 1250 g/mol. The van der Waals surface area contributed by atoms with Crippen molar-refractivity contribution in [1.29, 1.82) is 0 Å². The van der Waals surface area contributed by atoms with Crippen LogP contribution in [0.5, 0.6) is 28.7 Å². The Morgan fingerprint density at radius 2 is 1.57 bits per heavy atom. The van der Waals surface area contributed by atoms with Crippen LogP contribution in [-0.4, -0.2) is 105 Å². The molecule has 7 aromatic rings. The summed E-state index contributed by atoms with van der Waals surface area (Å²) < 4.78 is 19.3. The topological polar surface area (TPSA) is 194 Å². The normalized spacial score (nSPS) is 29.2. The first-order valence-electron chi connectivity index (χ1n) is 34.6. The van der Waals surface area contributed by atoms with E-state index in [1.165, 1.54) is 24.8 Å². The van der Waals surface area contributed by atoms with Crippen LogP contribution in [0.2, 0.25) is 0 Å². The summed E-state index contributed by atoms with van der Waals surface area (Å²) in [5.74, 6) is 0.0892. The van der Waals surface area contributed by atoms with Crippen molar-refractivity contribution in [2.24, 2.45) is 29.6 Å². The lowest BCUT2D eigenvalue weighted by Gasteiger charge is -2.53. The number of ether oxygens (including phenoxy) is 3. The average molecular weight is 1350 g/mol. The molecule has 0 spiro atoms. The van der Waals surface area contributed by atoms with Crippen LogP contribution in [0.1, 0.15) is 164 Å². The number of aromatic nitrogens is 1. The standard InChI is InChI=1S/C78H94N2O10S4/c1-4-49-22-23-50-16-13-20-61-69(43-81)94-93-45-55-36-70(85)78(64-46-92-91-44-53-15-9-10-21-66(53)90-68-35-52(64)25-27-67(68)89-47-82,59-37-58(38-60(83)39-59)77(79-2)31-14-19-57(41-77)76(29-11-6-12-30-76)56-17-7-5-8-18-56)75(87)72(55)73(86)54(33-48-28-32-80-42-48)34-51-24-26-65(84)74(88-3)63(51)40-62(49)71(50)61/h5,7-8,13,16-18,20,22-28,32,35,37-39,42,53-55,57,64,66,69-70,72-73,79-86H,4,6,9-12,14-15,19,21,29-31,33-34,36,40-41,43-47H2,1-3H3. The van der Waals surface area contributed by atoms with Crippen molar-refractivity contribution in [2.45, 2.75) is 168 Å². The summed E-state index contributed by atoms with van der Waals surface area (Å²) in [6.45, 7) is 1.43. The third-order valence-corrected chi connectivity index (χ3v) is 28.6. The van der Waals surface area contributed by atoms with Crippen molar-refractivity contribution in [3.63, 3.8) is 0 Å². The average Bonchev–Trinajstić information content (AvgIpc) is 0.753. The Hall–Kier alpha value is -5.27. The molecule has 1 aromatic heterocycles. The molecule has 12 unspecified atom stereocenters. The smallest absolute Gasteiger partial charge is 0.186 e. The Morgan fingerprint density at radius 3 is 2.35 bits per heavy atom. The molecule has 8 N–H and O–H groups in total. The summed E-state index contributed by atoms with van der Waals surface area (Å²) in [6.07, 6.45) is 16.5. The molecule has 500 valence electrons. The van der Waals surface area contributed by atoms with E-state index in [1.54, 1.807) is 62.4 Å². The number of H-pyrrole nitrogens is 1. The Morgan fingerprint density at radius 1 is 0.766 bits per heavy atom. The van der Waals surface area contributed by atoms with E-state index in [-0.39, 0.29) is 47.7 Å². The molecule has 3 heterocycles. The van der Waals surface area contributed by atoms with E-state index in [0.29, 0.717) is 59.5 Å². The number of aromatic amines is 1. The quantitative estimate of drug-likeness (QED) is 0.0401. The van der Waals surface area contributed by atoms with Crippen molar-refractivity contribution in [3.8, 4) is 28.7 Å². The third kappa shape index (κ3) is 12.8. The van der Waals surface area contributed by atoms with Crippen molar-refractivity contribution in [2.75, 3.05) is 44.8 Å². The molecule has 0 radical (unpaired) electrons. The van der Waals surface area contributed by atoms with Gasteiger partial charge in [-0.05, 0) is 205 Å². The Kier molecular flexibility index (Phi) is 21.1. The van der Waals surface area contributed by atoms with Crippen molar-refractivity contribution >= 4 is 59.7 Å². The number of aromatic hydroxyl groups is 2. The summed E-state index contributed by atoms with van der Waals surface area (Å²) >= 11 is 0. The maximum absolute atomic E-state index is 18.1. The Bertz CT molecular complexity index is 3750. The number of Topliss-reactive ketones (excluding diaryl/α,β-unsaturated/α-hetero) is 1. The number of aliphatic hydroxyl groups is 4. The fourth-order valence-corrected chi connectivity index (χ4v) is 24.2. The first-order valence-corrected chi connectivity index (χ1v) is 39.4. The fourth-order valence-electron chi connectivity index (χ4n) is 18.5.